The first-order valence-electron chi connectivity index (χ1n) is 9.40. The van der Waals surface area contributed by atoms with Gasteiger partial charge in [-0.1, -0.05) is 66.5 Å². The molecule has 0 bridgehead atoms. The molecule has 0 saturated heterocycles. The maximum atomic E-state index is 12.9. The summed E-state index contributed by atoms with van der Waals surface area (Å²) in [5.74, 6) is -0.387. The Bertz CT molecular complexity index is 1180. The molecule has 0 unspecified atom stereocenters. The Morgan fingerprint density at radius 1 is 1.00 bits per heavy atom. The van der Waals surface area contributed by atoms with E-state index in [0.29, 0.717) is 17.3 Å². The van der Waals surface area contributed by atoms with Crippen LogP contribution in [0.15, 0.2) is 60.7 Å². The average Bonchev–Trinajstić information content (AvgIpc) is 2.71. The molecule has 1 amide bonds. The highest BCUT2D eigenvalue weighted by Crippen LogP contribution is 2.30. The van der Waals surface area contributed by atoms with E-state index in [4.69, 9.17) is 23.2 Å². The Hall–Kier alpha value is -2.28. The first-order valence-corrected chi connectivity index (χ1v) is 12.0. The van der Waals surface area contributed by atoms with Crippen LogP contribution < -0.4 is 9.62 Å². The third kappa shape index (κ3) is 5.06. The summed E-state index contributed by atoms with van der Waals surface area (Å²) in [5, 5.41) is 5.57. The van der Waals surface area contributed by atoms with Crippen LogP contribution in [0.3, 0.4) is 0 Å². The molecule has 0 saturated carbocycles. The van der Waals surface area contributed by atoms with Gasteiger partial charge in [0.25, 0.3) is 0 Å². The predicted octanol–water partition coefficient (Wildman–Crippen LogP) is 5.01. The number of sulfonamides is 1. The van der Waals surface area contributed by atoms with Crippen LogP contribution in [0.1, 0.15) is 18.9 Å². The molecule has 0 radical (unpaired) electrons. The number of carbonyl (C=O) groups excluding carboxylic acids is 1. The van der Waals surface area contributed by atoms with Gasteiger partial charge < -0.3 is 5.32 Å². The molecule has 3 rings (SSSR count). The van der Waals surface area contributed by atoms with Crippen molar-refractivity contribution >= 4 is 55.6 Å². The van der Waals surface area contributed by atoms with Gasteiger partial charge in [0.2, 0.25) is 15.9 Å². The van der Waals surface area contributed by atoms with Gasteiger partial charge in [0, 0.05) is 6.54 Å². The van der Waals surface area contributed by atoms with Crippen LogP contribution in [0.5, 0.6) is 0 Å². The van der Waals surface area contributed by atoms with Crippen molar-refractivity contribution in [3.63, 3.8) is 0 Å². The Labute approximate surface area is 186 Å². The van der Waals surface area contributed by atoms with Crippen molar-refractivity contribution in [3.8, 4) is 0 Å². The molecule has 3 aromatic carbocycles. The quantitative estimate of drug-likeness (QED) is 0.534. The van der Waals surface area contributed by atoms with E-state index in [-0.39, 0.29) is 17.4 Å². The summed E-state index contributed by atoms with van der Waals surface area (Å²) in [7, 11) is -3.74. The fourth-order valence-electron chi connectivity index (χ4n) is 3.34. The Kier molecular flexibility index (Phi) is 6.91. The molecule has 0 aliphatic rings. The van der Waals surface area contributed by atoms with E-state index in [9.17, 15) is 13.2 Å². The SMILES string of the molecule is CC[C@H](C(=O)NCc1ccc2ccccc2c1)N(c1ccc(Cl)c(Cl)c1)S(C)(=O)=O. The first-order chi connectivity index (χ1) is 14.2. The number of halogens is 2. The number of anilines is 1. The zero-order chi connectivity index (χ0) is 21.9. The van der Waals surface area contributed by atoms with Gasteiger partial charge in [-0.2, -0.15) is 0 Å². The number of hydrogen-bond acceptors (Lipinski definition) is 3. The smallest absolute Gasteiger partial charge is 0.244 e. The van der Waals surface area contributed by atoms with Gasteiger partial charge in [-0.25, -0.2) is 8.42 Å². The van der Waals surface area contributed by atoms with Gasteiger partial charge in [0.1, 0.15) is 6.04 Å². The lowest BCUT2D eigenvalue weighted by Gasteiger charge is -2.30. The van der Waals surface area contributed by atoms with Crippen LogP contribution in [0.2, 0.25) is 10.0 Å². The van der Waals surface area contributed by atoms with E-state index in [1.165, 1.54) is 18.2 Å². The lowest BCUT2D eigenvalue weighted by Crippen LogP contribution is -2.49. The van der Waals surface area contributed by atoms with E-state index in [1.807, 2.05) is 42.5 Å². The van der Waals surface area contributed by atoms with Crippen molar-refractivity contribution in [2.45, 2.75) is 25.9 Å². The molecule has 30 heavy (non-hydrogen) atoms. The summed E-state index contributed by atoms with van der Waals surface area (Å²) in [6.07, 6.45) is 1.35. The predicted molar refractivity (Wildman–Crippen MR) is 124 cm³/mol. The molecule has 0 fully saturated rings. The molecule has 0 spiro atoms. The monoisotopic (exact) mass is 464 g/mol. The number of nitrogens with one attached hydrogen (secondary N) is 1. The fraction of sp³-hybridized carbons (Fsp3) is 0.227. The number of hydrogen-bond donors (Lipinski definition) is 1. The zero-order valence-corrected chi connectivity index (χ0v) is 18.9. The minimum atomic E-state index is -3.74. The molecule has 5 nitrogen and oxygen atoms in total. The third-order valence-electron chi connectivity index (χ3n) is 4.77. The molecule has 1 atom stereocenters. The van der Waals surface area contributed by atoms with Crippen molar-refractivity contribution in [2.24, 2.45) is 0 Å². The second-order valence-corrected chi connectivity index (χ2v) is 9.65. The number of fused-ring (bicyclic) bond motifs is 1. The highest BCUT2D eigenvalue weighted by atomic mass is 35.5. The summed E-state index contributed by atoms with van der Waals surface area (Å²) in [6, 6.07) is 17.5. The Balaban J connectivity index is 1.83. The summed E-state index contributed by atoms with van der Waals surface area (Å²) in [4.78, 5) is 12.9. The largest absolute Gasteiger partial charge is 0.350 e. The highest BCUT2D eigenvalue weighted by molar-refractivity contribution is 7.92. The number of benzene rings is 3. The Morgan fingerprint density at radius 2 is 1.70 bits per heavy atom. The molecule has 8 heteroatoms. The van der Waals surface area contributed by atoms with Gasteiger partial charge >= 0.3 is 0 Å². The summed E-state index contributed by atoms with van der Waals surface area (Å²) < 4.78 is 26.1. The number of rotatable bonds is 7. The molecular weight excluding hydrogens is 443 g/mol. The van der Waals surface area contributed by atoms with Gasteiger partial charge in [0.15, 0.2) is 0 Å². The first kappa shape index (κ1) is 22.4. The van der Waals surface area contributed by atoms with Gasteiger partial charge in [0.05, 0.1) is 22.0 Å². The molecule has 0 heterocycles. The maximum absolute atomic E-state index is 12.9. The number of nitrogens with zero attached hydrogens (tertiary/aromatic N) is 1. The third-order valence-corrected chi connectivity index (χ3v) is 6.69. The van der Waals surface area contributed by atoms with Crippen LogP contribution in [0.25, 0.3) is 10.8 Å². The van der Waals surface area contributed by atoms with Crippen LogP contribution >= 0.6 is 23.2 Å². The van der Waals surface area contributed by atoms with Crippen LogP contribution in [-0.4, -0.2) is 26.6 Å². The summed E-state index contributed by atoms with van der Waals surface area (Å²) in [5.41, 5.74) is 1.22. The number of carbonyl (C=O) groups is 1. The maximum Gasteiger partial charge on any atom is 0.244 e. The minimum Gasteiger partial charge on any atom is -0.350 e. The van der Waals surface area contributed by atoms with E-state index in [2.05, 4.69) is 5.32 Å². The van der Waals surface area contributed by atoms with Crippen molar-refractivity contribution in [2.75, 3.05) is 10.6 Å². The van der Waals surface area contributed by atoms with Crippen LogP contribution in [0.4, 0.5) is 5.69 Å². The minimum absolute atomic E-state index is 0.217. The van der Waals surface area contributed by atoms with Crippen molar-refractivity contribution in [1.82, 2.24) is 5.32 Å². The normalized spacial score (nSPS) is 12.5. The summed E-state index contributed by atoms with van der Waals surface area (Å²) >= 11 is 12.0. The number of amides is 1. The summed E-state index contributed by atoms with van der Waals surface area (Å²) in [6.45, 7) is 2.05. The molecule has 0 aromatic heterocycles. The molecule has 3 aromatic rings. The highest BCUT2D eigenvalue weighted by Gasteiger charge is 2.31. The second kappa shape index (κ2) is 9.25. The standard InChI is InChI=1S/C22H22Cl2N2O3S/c1-3-21(26(30(2,28)29)18-10-11-19(23)20(24)13-18)22(27)25-14-15-8-9-16-6-4-5-7-17(16)12-15/h4-13,21H,3,14H2,1-2H3,(H,25,27)/t21-/m1/s1. The van der Waals surface area contributed by atoms with Crippen molar-refractivity contribution in [1.29, 1.82) is 0 Å². The molecule has 0 aliphatic carbocycles. The van der Waals surface area contributed by atoms with Crippen LogP contribution in [-0.2, 0) is 21.4 Å². The van der Waals surface area contributed by atoms with Gasteiger partial charge in [-0.3, -0.25) is 9.10 Å². The van der Waals surface area contributed by atoms with Crippen molar-refractivity contribution in [3.05, 3.63) is 76.3 Å². The average molecular weight is 465 g/mol. The van der Waals surface area contributed by atoms with E-state index >= 15 is 0 Å². The molecule has 158 valence electrons. The van der Waals surface area contributed by atoms with Crippen molar-refractivity contribution < 1.29 is 13.2 Å². The van der Waals surface area contributed by atoms with Gasteiger partial charge in [-0.05, 0) is 47.0 Å². The molecule has 0 aliphatic heterocycles. The second-order valence-electron chi connectivity index (χ2n) is 6.98. The lowest BCUT2D eigenvalue weighted by molar-refractivity contribution is -0.122. The molecular formula is C22H22Cl2N2O3S. The Morgan fingerprint density at radius 3 is 2.33 bits per heavy atom. The van der Waals surface area contributed by atoms with Gasteiger partial charge in [-0.15, -0.1) is 0 Å². The fourth-order valence-corrected chi connectivity index (χ4v) is 4.83. The van der Waals surface area contributed by atoms with Crippen LogP contribution in [0, 0.1) is 0 Å². The lowest BCUT2D eigenvalue weighted by atomic mass is 10.1. The van der Waals surface area contributed by atoms with E-state index in [1.54, 1.807) is 6.92 Å². The van der Waals surface area contributed by atoms with E-state index < -0.39 is 16.1 Å². The molecule has 1 N–H and O–H groups in total. The van der Waals surface area contributed by atoms with E-state index in [0.717, 1.165) is 26.9 Å². The zero-order valence-electron chi connectivity index (χ0n) is 16.6. The topological polar surface area (TPSA) is 66.5 Å².